The maximum Gasteiger partial charge on any atom is 0.211 e. The van der Waals surface area contributed by atoms with Gasteiger partial charge < -0.3 is 19.4 Å². The molecule has 0 bridgehead atoms. The lowest BCUT2D eigenvalue weighted by Gasteiger charge is -2.17. The first-order chi connectivity index (χ1) is 14.8. The Bertz CT molecular complexity index is 594. The van der Waals surface area contributed by atoms with E-state index in [1.807, 2.05) is 32.9 Å². The molecular formula is C25H46N2O4. The van der Waals surface area contributed by atoms with Crippen molar-refractivity contribution in [3.05, 3.63) is 35.3 Å². The second-order valence-electron chi connectivity index (χ2n) is 8.18. The lowest BCUT2D eigenvalue weighted by atomic mass is 9.91. The minimum Gasteiger partial charge on any atom is -0.498 e. The van der Waals surface area contributed by atoms with Crippen LogP contribution in [0.2, 0.25) is 0 Å². The molecule has 6 heteroatoms. The molecule has 3 N–H and O–H groups in total. The molecule has 180 valence electrons. The lowest BCUT2D eigenvalue weighted by Crippen LogP contribution is -2.20. The predicted molar refractivity (Wildman–Crippen MR) is 129 cm³/mol. The number of rotatable bonds is 16. The van der Waals surface area contributed by atoms with Crippen molar-refractivity contribution >= 4 is 5.90 Å². The van der Waals surface area contributed by atoms with Crippen LogP contribution in [0, 0.1) is 17.8 Å². The van der Waals surface area contributed by atoms with Crippen LogP contribution in [0.25, 0.3) is 0 Å². The first-order valence-corrected chi connectivity index (χ1v) is 11.6. The van der Waals surface area contributed by atoms with Gasteiger partial charge in [-0.05, 0) is 57.4 Å². The summed E-state index contributed by atoms with van der Waals surface area (Å²) in [5.74, 6) is 8.94. The van der Waals surface area contributed by atoms with Crippen LogP contribution in [-0.2, 0) is 14.3 Å². The Balaban J connectivity index is 4.67. The Morgan fingerprint density at radius 1 is 1.16 bits per heavy atom. The Morgan fingerprint density at radius 3 is 2.39 bits per heavy atom. The van der Waals surface area contributed by atoms with Crippen LogP contribution in [0.1, 0.15) is 73.6 Å². The van der Waals surface area contributed by atoms with Crippen molar-refractivity contribution < 1.29 is 19.4 Å². The summed E-state index contributed by atoms with van der Waals surface area (Å²) in [5.41, 5.74) is 0.928. The molecule has 0 aliphatic carbocycles. The highest BCUT2D eigenvalue weighted by Gasteiger charge is 2.14. The summed E-state index contributed by atoms with van der Waals surface area (Å²) in [6.07, 6.45) is 10.9. The van der Waals surface area contributed by atoms with Crippen molar-refractivity contribution in [3.63, 3.8) is 0 Å². The number of hydrogen-bond donors (Lipinski definition) is 2. The summed E-state index contributed by atoms with van der Waals surface area (Å²) in [4.78, 5) is 9.73. The van der Waals surface area contributed by atoms with Crippen LogP contribution < -0.4 is 5.90 Å². The highest BCUT2D eigenvalue weighted by molar-refractivity contribution is 5.78. The Hall–Kier alpha value is -1.79. The molecule has 0 heterocycles. The minimum absolute atomic E-state index is 0.0610. The molecule has 0 unspecified atom stereocenters. The highest BCUT2D eigenvalue weighted by Crippen LogP contribution is 2.20. The van der Waals surface area contributed by atoms with Crippen molar-refractivity contribution in [2.45, 2.75) is 73.6 Å². The second-order valence-corrected chi connectivity index (χ2v) is 8.18. The molecular weight excluding hydrogens is 392 g/mol. The normalized spacial score (nSPS) is 15.8. The molecule has 0 aromatic heterocycles. The lowest BCUT2D eigenvalue weighted by molar-refractivity contribution is 0.177. The molecule has 2 atom stereocenters. The van der Waals surface area contributed by atoms with Crippen LogP contribution >= 0.6 is 0 Å². The molecule has 0 fully saturated rings. The van der Waals surface area contributed by atoms with Gasteiger partial charge >= 0.3 is 0 Å². The zero-order valence-corrected chi connectivity index (χ0v) is 20.8. The third-order valence-corrected chi connectivity index (χ3v) is 5.55. The second kappa shape index (κ2) is 17.8. The molecule has 0 radical (unpaired) electrons. The summed E-state index contributed by atoms with van der Waals surface area (Å²) in [6.45, 7) is 13.7. The summed E-state index contributed by atoms with van der Waals surface area (Å²) < 4.78 is 11.0. The monoisotopic (exact) mass is 438 g/mol. The van der Waals surface area contributed by atoms with E-state index in [9.17, 15) is 5.11 Å². The number of unbranched alkanes of at least 4 members (excludes halogenated alkanes) is 1. The maximum atomic E-state index is 9.32. The largest absolute Gasteiger partial charge is 0.498 e. The van der Waals surface area contributed by atoms with Crippen molar-refractivity contribution in [3.8, 4) is 0 Å². The molecule has 0 spiro atoms. The molecule has 0 saturated heterocycles. The van der Waals surface area contributed by atoms with E-state index < -0.39 is 0 Å². The van der Waals surface area contributed by atoms with Gasteiger partial charge in [0, 0.05) is 18.9 Å². The number of nitrogens with two attached hydrogens (primary N) is 1. The number of methoxy groups -OCH3 is 1. The summed E-state index contributed by atoms with van der Waals surface area (Å²) in [7, 11) is 1.67. The average Bonchev–Trinajstić information content (AvgIpc) is 2.76. The predicted octanol–water partition coefficient (Wildman–Crippen LogP) is 5.54. The fourth-order valence-corrected chi connectivity index (χ4v) is 3.27. The third-order valence-electron chi connectivity index (χ3n) is 5.55. The van der Waals surface area contributed by atoms with Crippen molar-refractivity contribution in [2.24, 2.45) is 28.6 Å². The van der Waals surface area contributed by atoms with Gasteiger partial charge in [0.15, 0.2) is 0 Å². The molecule has 31 heavy (non-hydrogen) atoms. The first-order valence-electron chi connectivity index (χ1n) is 11.6. The van der Waals surface area contributed by atoms with E-state index >= 15 is 0 Å². The van der Waals surface area contributed by atoms with Gasteiger partial charge in [0.2, 0.25) is 5.90 Å². The fourth-order valence-electron chi connectivity index (χ4n) is 3.27. The van der Waals surface area contributed by atoms with Crippen LogP contribution in [0.3, 0.4) is 0 Å². The zero-order chi connectivity index (χ0) is 23.6. The molecule has 6 nitrogen and oxygen atoms in total. The van der Waals surface area contributed by atoms with Gasteiger partial charge in [0.1, 0.15) is 11.5 Å². The van der Waals surface area contributed by atoms with Gasteiger partial charge in [0.05, 0.1) is 20.3 Å². The van der Waals surface area contributed by atoms with Crippen molar-refractivity contribution in [1.29, 1.82) is 0 Å². The standard InChI is InChI=1S/C25H46N2O4/c1-8-22(18-28)14-15-23(19(3)4)16-17-27-25(31-26)20(5)12-10-11-13-24(30-9-2)21(6)29-7/h8,14-15,19-20,23,28H,9-13,16-18,26H2,1-7H3/b15-14-,22-8-,24-21-,27-25?/t20-,23-/m0/s1. The van der Waals surface area contributed by atoms with Crippen molar-refractivity contribution in [1.82, 2.24) is 0 Å². The van der Waals surface area contributed by atoms with Crippen LogP contribution in [0.5, 0.6) is 0 Å². The number of aliphatic imine (C=N–C) groups is 1. The number of aliphatic hydroxyl groups is 1. The smallest absolute Gasteiger partial charge is 0.211 e. The van der Waals surface area contributed by atoms with E-state index in [4.69, 9.17) is 20.2 Å². The van der Waals surface area contributed by atoms with Crippen LogP contribution in [0.4, 0.5) is 0 Å². The Morgan fingerprint density at radius 2 is 1.87 bits per heavy atom. The Labute approximate surface area is 190 Å². The van der Waals surface area contributed by atoms with Gasteiger partial charge in [-0.3, -0.25) is 4.99 Å². The van der Waals surface area contributed by atoms with Crippen LogP contribution in [-0.4, -0.2) is 37.9 Å². The van der Waals surface area contributed by atoms with E-state index in [1.54, 1.807) is 7.11 Å². The zero-order valence-electron chi connectivity index (χ0n) is 20.8. The van der Waals surface area contributed by atoms with E-state index in [0.29, 0.717) is 30.9 Å². The molecule has 0 aliphatic rings. The summed E-state index contributed by atoms with van der Waals surface area (Å²) >= 11 is 0. The number of nitrogens with zero attached hydrogens (tertiary/aromatic N) is 1. The SMILES string of the molecule is C/C=C(/C=C\[C@@H](CCN=C(ON)[C@@H](C)CCCC/C(OCC)=C(\C)OC)C(C)C)CO. The molecule has 0 amide bonds. The highest BCUT2D eigenvalue weighted by atomic mass is 16.6. The molecule has 0 aliphatic heterocycles. The van der Waals surface area contributed by atoms with Crippen LogP contribution in [0.15, 0.2) is 40.3 Å². The van der Waals surface area contributed by atoms with E-state index in [2.05, 4.69) is 31.8 Å². The molecule has 0 aromatic rings. The number of allylic oxidation sites excluding steroid dienone is 4. The minimum atomic E-state index is 0.0610. The molecule has 0 aromatic carbocycles. The van der Waals surface area contributed by atoms with Gasteiger partial charge in [-0.1, -0.05) is 45.4 Å². The van der Waals surface area contributed by atoms with E-state index in [1.165, 1.54) is 0 Å². The van der Waals surface area contributed by atoms with Gasteiger partial charge in [0.25, 0.3) is 0 Å². The fraction of sp³-hybridized carbons (Fsp3) is 0.720. The number of aliphatic hydroxyl groups excluding tert-OH is 1. The molecule has 0 saturated carbocycles. The number of hydrogen-bond acceptors (Lipinski definition) is 6. The average molecular weight is 439 g/mol. The van der Waals surface area contributed by atoms with E-state index in [-0.39, 0.29) is 12.5 Å². The number of ether oxygens (including phenoxy) is 2. The summed E-state index contributed by atoms with van der Waals surface area (Å²) in [6, 6.07) is 0. The topological polar surface area (TPSA) is 86.3 Å². The van der Waals surface area contributed by atoms with Gasteiger partial charge in [-0.25, -0.2) is 0 Å². The quantitative estimate of drug-likeness (QED) is 0.0825. The van der Waals surface area contributed by atoms with Gasteiger partial charge in [-0.2, -0.15) is 5.90 Å². The van der Waals surface area contributed by atoms with Gasteiger partial charge in [-0.15, -0.1) is 0 Å². The maximum absolute atomic E-state index is 9.32. The third kappa shape index (κ3) is 12.6. The van der Waals surface area contributed by atoms with Crippen molar-refractivity contribution in [2.75, 3.05) is 26.9 Å². The Kier molecular flexibility index (Phi) is 16.8. The molecule has 0 rings (SSSR count). The first kappa shape index (κ1) is 29.2. The van der Waals surface area contributed by atoms with E-state index in [0.717, 1.165) is 49.2 Å². The summed E-state index contributed by atoms with van der Waals surface area (Å²) in [5, 5.41) is 9.32.